The maximum Gasteiger partial charge on any atom is 0.224 e. The minimum atomic E-state index is 0.550. The van der Waals surface area contributed by atoms with Crippen molar-refractivity contribution in [2.75, 3.05) is 0 Å². The largest absolute Gasteiger partial charge is 0.307 e. The third-order valence-corrected chi connectivity index (χ3v) is 5.59. The lowest BCUT2D eigenvalue weighted by atomic mass is 10.00. The van der Waals surface area contributed by atoms with Crippen molar-refractivity contribution in [1.29, 1.82) is 0 Å². The van der Waals surface area contributed by atoms with Gasteiger partial charge in [0.2, 0.25) is 5.52 Å². The third-order valence-electron chi connectivity index (χ3n) is 5.59. The number of fused-ring (bicyclic) bond motifs is 5. The fourth-order valence-corrected chi connectivity index (χ4v) is 4.52. The number of rotatable bonds is 0. The van der Waals surface area contributed by atoms with Gasteiger partial charge < -0.3 is 4.40 Å². The van der Waals surface area contributed by atoms with Crippen molar-refractivity contribution >= 4 is 49.0 Å². The Labute approximate surface area is 146 Å². The van der Waals surface area contributed by atoms with E-state index in [9.17, 15) is 0 Å². The highest BCUT2D eigenvalue weighted by Crippen LogP contribution is 2.40. The van der Waals surface area contributed by atoms with Gasteiger partial charge in [-0.1, -0.05) is 42.4 Å². The van der Waals surface area contributed by atoms with Crippen LogP contribution in [-0.2, 0) is 7.05 Å². The lowest BCUT2D eigenvalue weighted by Crippen LogP contribution is -2.28. The Morgan fingerprint density at radius 3 is 2.68 bits per heavy atom. The van der Waals surface area contributed by atoms with E-state index >= 15 is 0 Å². The summed E-state index contributed by atoms with van der Waals surface area (Å²) >= 11 is 0. The molecule has 0 radical (unpaired) electrons. The molecule has 0 bridgehead atoms. The highest BCUT2D eigenvalue weighted by Gasteiger charge is 2.22. The number of hydrogen-bond acceptors (Lipinski definition) is 0. The summed E-state index contributed by atoms with van der Waals surface area (Å²) in [5, 5.41) is 6.20. The summed E-state index contributed by atoms with van der Waals surface area (Å²) in [6.45, 7) is 2.19. The second-order valence-electron chi connectivity index (χ2n) is 6.95. The molecular formula is C23H17N2+. The summed E-state index contributed by atoms with van der Waals surface area (Å²) in [6.07, 6.45) is 2.11. The monoisotopic (exact) mass is 322 g/mol. The number of pyridine rings is 2. The van der Waals surface area contributed by atoms with Crippen molar-refractivity contribution in [2.45, 2.75) is 6.92 Å². The molecule has 3 aromatic heterocycles. The molecule has 0 unspecified atom stereocenters. The van der Waals surface area contributed by atoms with Crippen LogP contribution in [0.3, 0.4) is 0 Å². The van der Waals surface area contributed by atoms with Crippen LogP contribution in [0.2, 0.25) is 0 Å². The van der Waals surface area contributed by atoms with Gasteiger partial charge in [0.05, 0.1) is 28.7 Å². The number of benzene rings is 3. The summed E-state index contributed by atoms with van der Waals surface area (Å²) in [5.41, 5.74) is 6.11. The van der Waals surface area contributed by atoms with E-state index < -0.39 is 0 Å². The fourth-order valence-electron chi connectivity index (χ4n) is 4.52. The smallest absolute Gasteiger partial charge is 0.224 e. The molecular weight excluding hydrogens is 304 g/mol. The average Bonchev–Trinajstić information content (AvgIpc) is 2.97. The van der Waals surface area contributed by atoms with Crippen molar-refractivity contribution < 1.29 is 5.94 Å². The van der Waals surface area contributed by atoms with Crippen LogP contribution in [0.1, 0.15) is 6.93 Å². The number of para-hydroxylation sites is 1. The molecule has 3 heterocycles. The van der Waals surface area contributed by atoms with E-state index in [-0.39, 0.29) is 0 Å². The van der Waals surface area contributed by atoms with Gasteiger partial charge in [0.1, 0.15) is 7.05 Å². The minimum absolute atomic E-state index is 0.550. The Morgan fingerprint density at radius 1 is 0.880 bits per heavy atom. The molecule has 0 aliphatic carbocycles. The maximum absolute atomic E-state index is 8.33. The van der Waals surface area contributed by atoms with Crippen molar-refractivity contribution in [3.8, 4) is 0 Å². The van der Waals surface area contributed by atoms with E-state index in [1.165, 1.54) is 43.7 Å². The summed E-state index contributed by atoms with van der Waals surface area (Å²) in [4.78, 5) is 0. The van der Waals surface area contributed by atoms with Gasteiger partial charge in [0.25, 0.3) is 0 Å². The maximum atomic E-state index is 8.33. The van der Waals surface area contributed by atoms with E-state index in [0.29, 0.717) is 6.04 Å². The van der Waals surface area contributed by atoms with Gasteiger partial charge in [0.15, 0.2) is 6.20 Å². The molecule has 0 spiro atoms. The normalized spacial score (nSPS) is 13.0. The lowest BCUT2D eigenvalue weighted by Gasteiger charge is -2.12. The zero-order chi connectivity index (χ0) is 17.6. The highest BCUT2D eigenvalue weighted by atomic mass is 14.9. The molecule has 0 aliphatic rings. The molecule has 118 valence electrons. The standard InChI is InChI=1S/C23H17N2/c1-14-10-11-17-16-7-3-4-8-18(16)25-19-9-5-6-15-12-13-24(2)23(21(15)19)20(14)22(17)25/h3-13H,1-2H3/q+1/i5D. The minimum Gasteiger partial charge on any atom is -0.307 e. The second-order valence-corrected chi connectivity index (χ2v) is 6.95. The Balaban J connectivity index is 2.17. The Bertz CT molecular complexity index is 1510. The van der Waals surface area contributed by atoms with Gasteiger partial charge in [-0.3, -0.25) is 0 Å². The Kier molecular flexibility index (Phi) is 2.10. The molecule has 0 saturated carbocycles. The van der Waals surface area contributed by atoms with Crippen LogP contribution in [0.5, 0.6) is 0 Å². The van der Waals surface area contributed by atoms with Crippen LogP contribution in [-0.4, -0.2) is 4.40 Å². The lowest BCUT2D eigenvalue weighted by molar-refractivity contribution is -0.643. The van der Waals surface area contributed by atoms with Gasteiger partial charge >= 0.3 is 0 Å². The molecule has 0 aliphatic heterocycles. The van der Waals surface area contributed by atoms with E-state index in [4.69, 9.17) is 1.37 Å². The predicted molar refractivity (Wildman–Crippen MR) is 105 cm³/mol. The molecule has 0 atom stereocenters. The fraction of sp³-hybridized carbons (Fsp3) is 0.0870. The zero-order valence-corrected chi connectivity index (χ0v) is 14.2. The van der Waals surface area contributed by atoms with Crippen molar-refractivity contribution in [3.63, 3.8) is 0 Å². The molecule has 0 fully saturated rings. The number of aryl methyl sites for hydroxylation is 2. The first-order valence-electron chi connectivity index (χ1n) is 9.11. The molecule has 0 saturated heterocycles. The van der Waals surface area contributed by atoms with Crippen LogP contribution in [0.15, 0.2) is 66.8 Å². The van der Waals surface area contributed by atoms with Gasteiger partial charge in [-0.05, 0) is 30.0 Å². The van der Waals surface area contributed by atoms with Crippen molar-refractivity contribution in [3.05, 3.63) is 72.4 Å². The molecule has 2 heteroatoms. The summed E-state index contributed by atoms with van der Waals surface area (Å²) in [6, 6.07) is 19.7. The van der Waals surface area contributed by atoms with E-state index in [1.807, 2.05) is 12.1 Å². The van der Waals surface area contributed by atoms with Crippen LogP contribution in [0.4, 0.5) is 0 Å². The number of aromatic nitrogens is 2. The Hall–Kier alpha value is -3.13. The number of hydrogen-bond donors (Lipinski definition) is 0. The molecule has 0 N–H and O–H groups in total. The quantitative estimate of drug-likeness (QED) is 0.208. The van der Waals surface area contributed by atoms with Gasteiger partial charge in [-0.15, -0.1) is 0 Å². The first-order chi connectivity index (χ1) is 12.6. The Morgan fingerprint density at radius 2 is 1.76 bits per heavy atom. The number of nitrogens with zero attached hydrogens (tertiary/aromatic N) is 2. The van der Waals surface area contributed by atoms with Gasteiger partial charge in [-0.2, -0.15) is 0 Å². The molecule has 3 aromatic carbocycles. The highest BCUT2D eigenvalue weighted by molar-refractivity contribution is 6.25. The molecule has 0 amide bonds. The molecule has 2 nitrogen and oxygen atoms in total. The SMILES string of the molecule is [2H]c1cc2cc[n+](C)c3c4c(C)ccc5c6ccccc6n(c(c1)c23)c54. The van der Waals surface area contributed by atoms with Gasteiger partial charge in [0, 0.05) is 16.8 Å². The van der Waals surface area contributed by atoms with Crippen LogP contribution in [0, 0.1) is 6.92 Å². The molecule has 25 heavy (non-hydrogen) atoms. The first kappa shape index (κ1) is 12.3. The molecule has 6 aromatic rings. The zero-order valence-electron chi connectivity index (χ0n) is 15.2. The van der Waals surface area contributed by atoms with Gasteiger partial charge in [-0.25, -0.2) is 4.57 Å². The second kappa shape index (κ2) is 4.28. The summed E-state index contributed by atoms with van der Waals surface area (Å²) in [7, 11) is 2.11. The predicted octanol–water partition coefficient (Wildman–Crippen LogP) is 5.12. The topological polar surface area (TPSA) is 8.29 Å². The average molecular weight is 322 g/mol. The van der Waals surface area contributed by atoms with Crippen molar-refractivity contribution in [2.24, 2.45) is 7.05 Å². The summed E-state index contributed by atoms with van der Waals surface area (Å²) < 4.78 is 12.9. The third kappa shape index (κ3) is 1.44. The van der Waals surface area contributed by atoms with Crippen LogP contribution < -0.4 is 4.57 Å². The van der Waals surface area contributed by atoms with E-state index in [2.05, 4.69) is 71.6 Å². The summed E-state index contributed by atoms with van der Waals surface area (Å²) in [5.74, 6) is 0. The molecule has 6 rings (SSSR count). The van der Waals surface area contributed by atoms with Crippen molar-refractivity contribution in [1.82, 2.24) is 4.40 Å². The van der Waals surface area contributed by atoms with E-state index in [0.717, 1.165) is 10.9 Å². The first-order valence-corrected chi connectivity index (χ1v) is 8.61. The van der Waals surface area contributed by atoms with E-state index in [1.54, 1.807) is 0 Å². The van der Waals surface area contributed by atoms with Crippen LogP contribution in [0.25, 0.3) is 49.0 Å². The van der Waals surface area contributed by atoms with Crippen LogP contribution >= 0.6 is 0 Å².